The standard InChI is InChI=1S/C8H16Br2N2/c1-7(9)5-11(3)12(4)6-8(7,2)10/h5-6H2,1-4H3/t7-,8-/m0/s1. The van der Waals surface area contributed by atoms with Gasteiger partial charge in [-0.3, -0.25) is 0 Å². The minimum Gasteiger partial charge on any atom is -0.244 e. The van der Waals surface area contributed by atoms with Crippen LogP contribution in [-0.4, -0.2) is 45.9 Å². The van der Waals surface area contributed by atoms with Gasteiger partial charge in [0.05, 0.1) is 8.65 Å². The summed E-state index contributed by atoms with van der Waals surface area (Å²) in [6.45, 7) is 6.49. The first-order chi connectivity index (χ1) is 5.26. The third kappa shape index (κ3) is 1.86. The summed E-state index contributed by atoms with van der Waals surface area (Å²) in [5.41, 5.74) is 0. The molecule has 0 aromatic heterocycles. The van der Waals surface area contributed by atoms with Crippen LogP contribution < -0.4 is 0 Å². The normalized spacial score (nSPS) is 46.5. The van der Waals surface area contributed by atoms with E-state index in [9.17, 15) is 0 Å². The number of hydrazine groups is 1. The van der Waals surface area contributed by atoms with Gasteiger partial charge in [0.2, 0.25) is 0 Å². The van der Waals surface area contributed by atoms with Crippen LogP contribution in [0.1, 0.15) is 13.8 Å². The van der Waals surface area contributed by atoms with E-state index in [0.717, 1.165) is 13.1 Å². The molecule has 0 spiro atoms. The Hall–Kier alpha value is 0.880. The quantitative estimate of drug-likeness (QED) is 0.632. The number of nitrogens with zero attached hydrogens (tertiary/aromatic N) is 2. The minimum absolute atomic E-state index is 0.140. The van der Waals surface area contributed by atoms with Gasteiger partial charge in [0, 0.05) is 27.2 Å². The molecule has 12 heavy (non-hydrogen) atoms. The van der Waals surface area contributed by atoms with Crippen molar-refractivity contribution in [2.24, 2.45) is 0 Å². The first-order valence-corrected chi connectivity index (χ1v) is 5.65. The molecule has 0 aromatic rings. The first-order valence-electron chi connectivity index (χ1n) is 4.06. The van der Waals surface area contributed by atoms with Crippen LogP contribution in [0, 0.1) is 0 Å². The van der Waals surface area contributed by atoms with E-state index in [0.29, 0.717) is 0 Å². The molecular formula is C8H16Br2N2. The second-order valence-corrected chi connectivity index (χ2v) is 7.53. The molecule has 0 unspecified atom stereocenters. The molecule has 0 amide bonds. The van der Waals surface area contributed by atoms with Crippen molar-refractivity contribution in [3.8, 4) is 0 Å². The summed E-state index contributed by atoms with van der Waals surface area (Å²) in [5.74, 6) is 0. The van der Waals surface area contributed by atoms with Crippen LogP contribution in [0.25, 0.3) is 0 Å². The van der Waals surface area contributed by atoms with E-state index < -0.39 is 0 Å². The lowest BCUT2D eigenvalue weighted by Crippen LogP contribution is -2.62. The topological polar surface area (TPSA) is 6.48 Å². The Morgan fingerprint density at radius 3 is 1.42 bits per heavy atom. The van der Waals surface area contributed by atoms with E-state index in [1.165, 1.54) is 0 Å². The minimum atomic E-state index is 0.140. The first kappa shape index (κ1) is 11.0. The molecule has 0 N–H and O–H groups in total. The Kier molecular flexibility index (Phi) is 2.95. The monoisotopic (exact) mass is 298 g/mol. The maximum atomic E-state index is 3.77. The van der Waals surface area contributed by atoms with Gasteiger partial charge in [0.1, 0.15) is 0 Å². The van der Waals surface area contributed by atoms with Crippen molar-refractivity contribution in [2.45, 2.75) is 22.5 Å². The van der Waals surface area contributed by atoms with Gasteiger partial charge in [-0.1, -0.05) is 31.9 Å². The van der Waals surface area contributed by atoms with Crippen LogP contribution >= 0.6 is 31.9 Å². The lowest BCUT2D eigenvalue weighted by molar-refractivity contribution is -0.0249. The fourth-order valence-corrected chi connectivity index (χ4v) is 2.41. The number of alkyl halides is 2. The molecule has 0 saturated carbocycles. The Morgan fingerprint density at radius 1 is 0.917 bits per heavy atom. The van der Waals surface area contributed by atoms with Crippen LogP contribution in [0.3, 0.4) is 0 Å². The lowest BCUT2D eigenvalue weighted by atomic mass is 9.93. The third-order valence-corrected chi connectivity index (χ3v) is 5.51. The van der Waals surface area contributed by atoms with Gasteiger partial charge in [-0.05, 0) is 13.8 Å². The van der Waals surface area contributed by atoms with E-state index in [-0.39, 0.29) is 8.65 Å². The van der Waals surface area contributed by atoms with Crippen LogP contribution in [0.15, 0.2) is 0 Å². The average molecular weight is 300 g/mol. The Morgan fingerprint density at radius 2 is 1.17 bits per heavy atom. The van der Waals surface area contributed by atoms with Crippen molar-refractivity contribution in [1.82, 2.24) is 10.0 Å². The summed E-state index contributed by atoms with van der Waals surface area (Å²) >= 11 is 7.53. The molecule has 1 saturated heterocycles. The van der Waals surface area contributed by atoms with Crippen LogP contribution in [0.2, 0.25) is 0 Å². The van der Waals surface area contributed by atoms with Gasteiger partial charge in [0.15, 0.2) is 0 Å². The van der Waals surface area contributed by atoms with E-state index in [4.69, 9.17) is 0 Å². The highest BCUT2D eigenvalue weighted by atomic mass is 79.9. The van der Waals surface area contributed by atoms with Gasteiger partial charge >= 0.3 is 0 Å². The van der Waals surface area contributed by atoms with Crippen molar-refractivity contribution in [3.63, 3.8) is 0 Å². The van der Waals surface area contributed by atoms with E-state index in [2.05, 4.69) is 69.8 Å². The fourth-order valence-electron chi connectivity index (χ4n) is 1.43. The highest BCUT2D eigenvalue weighted by Gasteiger charge is 2.46. The van der Waals surface area contributed by atoms with Gasteiger partial charge in [0.25, 0.3) is 0 Å². The maximum absolute atomic E-state index is 3.77. The average Bonchev–Trinajstić information content (AvgIpc) is 1.82. The van der Waals surface area contributed by atoms with Gasteiger partial charge in [-0.2, -0.15) is 0 Å². The maximum Gasteiger partial charge on any atom is 0.0533 e. The van der Waals surface area contributed by atoms with Gasteiger partial charge in [-0.15, -0.1) is 0 Å². The van der Waals surface area contributed by atoms with Crippen molar-refractivity contribution in [1.29, 1.82) is 0 Å². The van der Waals surface area contributed by atoms with Crippen molar-refractivity contribution in [2.75, 3.05) is 27.2 Å². The number of hydrogen-bond acceptors (Lipinski definition) is 2. The molecule has 0 aromatic carbocycles. The molecule has 72 valence electrons. The number of halogens is 2. The van der Waals surface area contributed by atoms with Gasteiger partial charge in [-0.25, -0.2) is 10.0 Å². The highest BCUT2D eigenvalue weighted by Crippen LogP contribution is 2.42. The Balaban J connectivity index is 2.80. The number of rotatable bonds is 0. The molecule has 0 aliphatic carbocycles. The largest absolute Gasteiger partial charge is 0.244 e. The van der Waals surface area contributed by atoms with Crippen molar-refractivity contribution >= 4 is 31.9 Å². The summed E-state index contributed by atoms with van der Waals surface area (Å²) in [6.07, 6.45) is 0. The summed E-state index contributed by atoms with van der Waals surface area (Å²) in [7, 11) is 4.23. The van der Waals surface area contributed by atoms with Crippen LogP contribution in [0.5, 0.6) is 0 Å². The zero-order chi connectivity index (χ0) is 9.57. The molecule has 0 radical (unpaired) electrons. The SMILES string of the molecule is CN1C[C@](C)(Br)[C@@](C)(Br)CN1C. The second-order valence-electron chi connectivity index (χ2n) is 4.03. The van der Waals surface area contributed by atoms with Crippen molar-refractivity contribution < 1.29 is 0 Å². The highest BCUT2D eigenvalue weighted by molar-refractivity contribution is 9.13. The molecule has 4 heteroatoms. The summed E-state index contributed by atoms with van der Waals surface area (Å²) in [4.78, 5) is 0. The third-order valence-electron chi connectivity index (χ3n) is 2.72. The lowest BCUT2D eigenvalue weighted by Gasteiger charge is -2.50. The second kappa shape index (κ2) is 3.23. The molecule has 2 nitrogen and oxygen atoms in total. The molecule has 1 rings (SSSR count). The molecular weight excluding hydrogens is 284 g/mol. The molecule has 0 bridgehead atoms. The Bertz CT molecular complexity index is 160. The summed E-state index contributed by atoms with van der Waals surface area (Å²) < 4.78 is 0.280. The van der Waals surface area contributed by atoms with E-state index in [1.54, 1.807) is 0 Å². The van der Waals surface area contributed by atoms with E-state index >= 15 is 0 Å². The summed E-state index contributed by atoms with van der Waals surface area (Å²) in [5, 5.41) is 4.47. The Labute approximate surface area is 91.5 Å². The predicted molar refractivity (Wildman–Crippen MR) is 59.9 cm³/mol. The fraction of sp³-hybridized carbons (Fsp3) is 1.00. The van der Waals surface area contributed by atoms with E-state index in [1.807, 2.05) is 0 Å². The zero-order valence-electron chi connectivity index (χ0n) is 8.06. The van der Waals surface area contributed by atoms with Gasteiger partial charge < -0.3 is 0 Å². The molecule has 2 atom stereocenters. The predicted octanol–water partition coefficient (Wildman–Crippen LogP) is 2.09. The van der Waals surface area contributed by atoms with Crippen LogP contribution in [0.4, 0.5) is 0 Å². The summed E-state index contributed by atoms with van der Waals surface area (Å²) in [6, 6.07) is 0. The molecule has 1 aliphatic heterocycles. The zero-order valence-corrected chi connectivity index (χ0v) is 11.2. The smallest absolute Gasteiger partial charge is 0.0533 e. The number of hydrogen-bond donors (Lipinski definition) is 0. The molecule has 1 heterocycles. The molecule has 1 fully saturated rings. The molecule has 1 aliphatic rings. The van der Waals surface area contributed by atoms with Crippen LogP contribution in [-0.2, 0) is 0 Å². The van der Waals surface area contributed by atoms with Crippen molar-refractivity contribution in [3.05, 3.63) is 0 Å².